The average Bonchev–Trinajstić information content (AvgIpc) is 4.02. The van der Waals surface area contributed by atoms with Gasteiger partial charge in [-0.2, -0.15) is 5.26 Å². The Labute approximate surface area is 391 Å². The molecule has 6 aliphatic heterocycles. The van der Waals surface area contributed by atoms with Crippen LogP contribution in [0.15, 0.2) is 4.99 Å². The van der Waals surface area contributed by atoms with Crippen LogP contribution >= 0.6 is 11.8 Å². The van der Waals surface area contributed by atoms with E-state index in [1.807, 2.05) is 0 Å². The van der Waals surface area contributed by atoms with Crippen LogP contribution in [0.3, 0.4) is 0 Å². The Bertz CT molecular complexity index is 1690. The lowest BCUT2D eigenvalue weighted by Crippen LogP contribution is -2.64. The van der Waals surface area contributed by atoms with Crippen molar-refractivity contribution in [3.63, 3.8) is 0 Å². The van der Waals surface area contributed by atoms with Crippen molar-refractivity contribution < 1.29 is 28.1 Å². The Morgan fingerprint density at radius 1 is 0.938 bits per heavy atom. The van der Waals surface area contributed by atoms with Crippen molar-refractivity contribution in [3.05, 3.63) is 0 Å². The van der Waals surface area contributed by atoms with Gasteiger partial charge < -0.3 is 24.3 Å². The van der Waals surface area contributed by atoms with Crippen LogP contribution < -0.4 is 32.3 Å². The number of aliphatic imine (C=N–C) groups is 1. The fourth-order valence-electron chi connectivity index (χ4n) is 13.8. The average molecular weight is 927 g/mol. The molecule has 4 saturated carbocycles. The Morgan fingerprint density at radius 3 is 2.45 bits per heavy atom. The predicted octanol–water partition coefficient (Wildman–Crippen LogP) is 4.44. The van der Waals surface area contributed by atoms with E-state index in [1.54, 1.807) is 7.11 Å². The Balaban J connectivity index is 0.644. The molecule has 364 valence electrons. The number of fused-ring (bicyclic) bond motifs is 3. The highest BCUT2D eigenvalue weighted by Gasteiger charge is 2.55. The van der Waals surface area contributed by atoms with Crippen LogP contribution in [0.25, 0.3) is 0 Å². The quantitative estimate of drug-likeness (QED) is 0.172. The maximum atomic E-state index is 16.4. The van der Waals surface area contributed by atoms with Crippen molar-refractivity contribution >= 4 is 23.4 Å². The fraction of sp³-hybridized carbons (Fsp3) is 0.938. The van der Waals surface area contributed by atoms with Gasteiger partial charge in [-0.3, -0.25) is 24.9 Å². The number of nitrogens with zero attached hydrogens (tertiary/aromatic N) is 4. The van der Waals surface area contributed by atoms with E-state index in [1.165, 1.54) is 5.71 Å². The SMILES string of the molecule is COC1CC(OC2CCC(NC(=O)C3CCC(N4CCC5(CC4)CC(OC4CCC(C6=N[C@@H](CC7NCCO7)C7NNC(C)N7C7SC(C)C(C)C67)CC4F)C5)NN3)CC2)CCC1C#N. The number of carbonyl (C=O) groups is 1. The van der Waals surface area contributed by atoms with Gasteiger partial charge in [-0.05, 0) is 115 Å². The standard InChI is InChI=1S/C48H79FN10O5S/c1-27-28(2)65-47-43(27)44(53-38(23-42-51-17-20-62-42)45-57-54-29(3)59(45)47)30-6-13-39(36(49)21-30)64-35-24-48(25-35)15-18-58(19-16-48)41-14-12-37(55-56-41)46(60)52-32-7-10-33(11-8-32)63-34-9-5-31(26-50)40(22-34)61-4/h27-43,45,47,51,54-57H,5-25H2,1-4H3,(H,52,60)/t27?,28?,29?,30?,31?,32?,33?,34?,36?,37?,38-,39?,40?,41?,42?,43?,45?,47?/m0/s1. The van der Waals surface area contributed by atoms with E-state index in [-0.39, 0.29) is 91.1 Å². The van der Waals surface area contributed by atoms with Crippen LogP contribution in [0.5, 0.6) is 0 Å². The largest absolute Gasteiger partial charge is 0.380 e. The minimum absolute atomic E-state index is 0.00107. The number of nitrogens with one attached hydrogen (secondary N) is 6. The molecule has 0 radical (unpaired) electrons. The number of halogens is 1. The van der Waals surface area contributed by atoms with Crippen molar-refractivity contribution in [3.8, 4) is 6.07 Å². The summed E-state index contributed by atoms with van der Waals surface area (Å²) in [7, 11) is 1.69. The number of hydrogen-bond acceptors (Lipinski definition) is 15. The van der Waals surface area contributed by atoms with Crippen LogP contribution in [0.1, 0.15) is 130 Å². The lowest BCUT2D eigenvalue weighted by Gasteiger charge is -2.54. The first-order chi connectivity index (χ1) is 31.6. The summed E-state index contributed by atoms with van der Waals surface area (Å²) >= 11 is 2.08. The van der Waals surface area contributed by atoms with Gasteiger partial charge in [0.2, 0.25) is 5.91 Å². The van der Waals surface area contributed by atoms with E-state index in [0.717, 1.165) is 129 Å². The van der Waals surface area contributed by atoms with E-state index in [9.17, 15) is 10.1 Å². The zero-order chi connectivity index (χ0) is 44.8. The number of nitriles is 1. The molecule has 0 bridgehead atoms. The molecule has 5 saturated heterocycles. The van der Waals surface area contributed by atoms with Crippen molar-refractivity contribution in [2.45, 2.75) is 220 Å². The Morgan fingerprint density at radius 2 is 1.74 bits per heavy atom. The Hall–Kier alpha value is -1.53. The first-order valence-corrected chi connectivity index (χ1v) is 26.8. The molecule has 9 fully saturated rings. The smallest absolute Gasteiger partial charge is 0.238 e. The van der Waals surface area contributed by atoms with Crippen LogP contribution in [0.4, 0.5) is 4.39 Å². The molecule has 0 aromatic carbocycles. The highest BCUT2D eigenvalue weighted by atomic mass is 32.2. The lowest BCUT2D eigenvalue weighted by molar-refractivity contribution is -0.158. The highest BCUT2D eigenvalue weighted by Crippen LogP contribution is 2.53. The van der Waals surface area contributed by atoms with Gasteiger partial charge in [-0.25, -0.2) is 26.1 Å². The summed E-state index contributed by atoms with van der Waals surface area (Å²) in [4.78, 5) is 24.1. The molecule has 0 aromatic heterocycles. The number of likely N-dealkylation sites (tertiary alicyclic amines) is 1. The van der Waals surface area contributed by atoms with Gasteiger partial charge in [-0.1, -0.05) is 13.8 Å². The van der Waals surface area contributed by atoms with Crippen LogP contribution in [-0.2, 0) is 23.7 Å². The van der Waals surface area contributed by atoms with E-state index in [2.05, 4.69) is 80.7 Å². The zero-order valence-electron chi connectivity index (χ0n) is 39.4. The second-order valence-electron chi connectivity index (χ2n) is 21.9. The van der Waals surface area contributed by atoms with Crippen LogP contribution in [0.2, 0.25) is 0 Å². The number of carbonyl (C=O) groups excluding carboxylic acids is 1. The number of alkyl halides is 1. The summed E-state index contributed by atoms with van der Waals surface area (Å²) in [5.74, 6) is 0.964. The van der Waals surface area contributed by atoms with E-state index in [0.29, 0.717) is 34.3 Å². The molecule has 1 spiro atoms. The van der Waals surface area contributed by atoms with Crippen molar-refractivity contribution in [2.24, 2.45) is 34.1 Å². The molecule has 15 unspecified atom stereocenters. The lowest BCUT2D eigenvalue weighted by atomic mass is 9.61. The number of ether oxygens (including phenoxy) is 4. The summed E-state index contributed by atoms with van der Waals surface area (Å²) in [6.45, 7) is 10.7. The van der Waals surface area contributed by atoms with Gasteiger partial charge in [0.05, 0.1) is 79.0 Å². The molecule has 6 N–H and O–H groups in total. The second-order valence-corrected chi connectivity index (χ2v) is 23.4. The van der Waals surface area contributed by atoms with Gasteiger partial charge in [0.15, 0.2) is 0 Å². The van der Waals surface area contributed by atoms with Gasteiger partial charge in [0.1, 0.15) is 18.4 Å². The number of rotatable bonds is 11. The molecule has 10 aliphatic rings. The molecule has 17 heteroatoms. The summed E-state index contributed by atoms with van der Waals surface area (Å²) in [5, 5.41) is 17.1. The summed E-state index contributed by atoms with van der Waals surface area (Å²) in [6.07, 6.45) is 15.0. The third-order valence-electron chi connectivity index (χ3n) is 17.9. The molecular formula is C48H79FN10O5S. The molecule has 1 amide bonds. The first-order valence-electron chi connectivity index (χ1n) is 25.9. The predicted molar refractivity (Wildman–Crippen MR) is 248 cm³/mol. The highest BCUT2D eigenvalue weighted by molar-refractivity contribution is 8.00. The van der Waals surface area contributed by atoms with Crippen LogP contribution in [-0.4, -0.2) is 145 Å². The maximum absolute atomic E-state index is 16.4. The number of methoxy groups -OCH3 is 1. The van der Waals surface area contributed by atoms with Crippen LogP contribution in [0, 0.1) is 40.4 Å². The van der Waals surface area contributed by atoms with Crippen molar-refractivity contribution in [1.29, 1.82) is 5.26 Å². The summed E-state index contributed by atoms with van der Waals surface area (Å²) in [5.41, 5.74) is 15.6. The van der Waals surface area contributed by atoms with Gasteiger partial charge >= 0.3 is 0 Å². The molecule has 4 aliphatic carbocycles. The minimum atomic E-state index is -0.975. The molecule has 6 heterocycles. The van der Waals surface area contributed by atoms with Gasteiger partial charge in [-0.15, -0.1) is 11.8 Å². The summed E-state index contributed by atoms with van der Waals surface area (Å²) in [6, 6.07) is 2.36. The normalized spacial score (nSPS) is 46.1. The van der Waals surface area contributed by atoms with Crippen molar-refractivity contribution in [1.82, 2.24) is 42.1 Å². The maximum Gasteiger partial charge on any atom is 0.238 e. The zero-order valence-corrected chi connectivity index (χ0v) is 40.3. The number of thioether (sulfide) groups is 1. The molecule has 16 atom stereocenters. The number of hydrogen-bond donors (Lipinski definition) is 6. The third-order valence-corrected chi connectivity index (χ3v) is 19.6. The molecule has 15 nitrogen and oxygen atoms in total. The van der Waals surface area contributed by atoms with E-state index in [4.69, 9.17) is 23.9 Å². The Kier molecular flexibility index (Phi) is 14.8. The summed E-state index contributed by atoms with van der Waals surface area (Å²) < 4.78 is 41.2. The second kappa shape index (κ2) is 20.4. The van der Waals surface area contributed by atoms with Crippen molar-refractivity contribution in [2.75, 3.05) is 33.4 Å². The minimum Gasteiger partial charge on any atom is -0.380 e. The number of hydrazine groups is 2. The number of piperidine rings is 1. The topological polar surface area (TPSA) is 169 Å². The molecule has 10 rings (SSSR count). The van der Waals surface area contributed by atoms with Gasteiger partial charge in [0.25, 0.3) is 0 Å². The first kappa shape index (κ1) is 47.2. The van der Waals surface area contributed by atoms with E-state index < -0.39 is 6.17 Å². The van der Waals surface area contributed by atoms with E-state index >= 15 is 4.39 Å². The molecule has 0 aromatic rings. The van der Waals surface area contributed by atoms with Gasteiger partial charge in [0, 0.05) is 68.4 Å². The third kappa shape index (κ3) is 10.1. The monoisotopic (exact) mass is 927 g/mol. The number of amides is 1. The molecular weight excluding hydrogens is 848 g/mol. The fourth-order valence-corrected chi connectivity index (χ4v) is 15.7. The molecule has 65 heavy (non-hydrogen) atoms.